The van der Waals surface area contributed by atoms with Crippen LogP contribution in [-0.4, -0.2) is 67.1 Å². The van der Waals surface area contributed by atoms with E-state index in [1.54, 1.807) is 19.1 Å². The topological polar surface area (TPSA) is 85.4 Å². The maximum Gasteiger partial charge on any atom is 0.343 e. The maximum atomic E-state index is 12.5. The van der Waals surface area contributed by atoms with E-state index in [1.165, 1.54) is 37.1 Å². The number of thiocarbonyl (C=S) groups is 1. The van der Waals surface area contributed by atoms with Crippen LogP contribution < -0.4 is 9.47 Å². The van der Waals surface area contributed by atoms with Gasteiger partial charge in [0.2, 0.25) is 0 Å². The predicted octanol–water partition coefficient (Wildman–Crippen LogP) is 2.00. The summed E-state index contributed by atoms with van der Waals surface area (Å²) in [6, 6.07) is 3.21. The predicted molar refractivity (Wildman–Crippen MR) is 109 cm³/mol. The third kappa shape index (κ3) is 4.50. The Balaban J connectivity index is 2.45. The number of carbonyl (C=O) groups excluding carboxylic acids is 3. The van der Waals surface area contributed by atoms with Gasteiger partial charge in [0.05, 0.1) is 13.7 Å². The fourth-order valence-corrected chi connectivity index (χ4v) is 2.97. The average molecular weight is 471 g/mol. The number of methoxy groups -OCH3 is 1. The number of benzene rings is 1. The van der Waals surface area contributed by atoms with E-state index >= 15 is 0 Å². The minimum Gasteiger partial charge on any atom is -0.490 e. The van der Waals surface area contributed by atoms with E-state index in [-0.39, 0.29) is 17.3 Å². The van der Waals surface area contributed by atoms with Crippen molar-refractivity contribution >= 4 is 57.1 Å². The fraction of sp³-hybridized carbons (Fsp3) is 0.333. The molecule has 1 heterocycles. The molecular weight excluding hydrogens is 452 g/mol. The molecule has 1 aliphatic rings. The molecule has 0 atom stereocenters. The quantitative estimate of drug-likeness (QED) is 0.272. The molecule has 1 aliphatic heterocycles. The molecule has 10 heteroatoms. The van der Waals surface area contributed by atoms with E-state index in [1.807, 2.05) is 0 Å². The standard InChI is InChI=1S/C18H19BrN2O6S/c1-5-26-13-7-10(12(19)8-14(13)27-9-15(22)25-4)6-11-16(23)20(2)18(28)21(3)17(11)24/h6-8H,5,9H2,1-4H3. The van der Waals surface area contributed by atoms with Crippen molar-refractivity contribution < 1.29 is 28.6 Å². The van der Waals surface area contributed by atoms with Gasteiger partial charge in [0, 0.05) is 18.6 Å². The fourth-order valence-electron chi connectivity index (χ4n) is 2.37. The van der Waals surface area contributed by atoms with Crippen molar-refractivity contribution in [3.8, 4) is 11.5 Å². The van der Waals surface area contributed by atoms with Gasteiger partial charge in [0.25, 0.3) is 11.8 Å². The Labute approximate surface area is 176 Å². The van der Waals surface area contributed by atoms with Crippen LogP contribution in [0.3, 0.4) is 0 Å². The van der Waals surface area contributed by atoms with Gasteiger partial charge >= 0.3 is 5.97 Å². The minimum atomic E-state index is -0.537. The summed E-state index contributed by atoms with van der Waals surface area (Å²) in [4.78, 5) is 38.8. The van der Waals surface area contributed by atoms with Crippen LogP contribution >= 0.6 is 28.1 Å². The monoisotopic (exact) mass is 470 g/mol. The Bertz CT molecular complexity index is 844. The summed E-state index contributed by atoms with van der Waals surface area (Å²) in [5.41, 5.74) is 0.491. The molecule has 1 saturated heterocycles. The first kappa shape index (κ1) is 21.8. The minimum absolute atomic E-state index is 0.0371. The highest BCUT2D eigenvalue weighted by molar-refractivity contribution is 9.10. The van der Waals surface area contributed by atoms with Crippen LogP contribution in [0, 0.1) is 0 Å². The number of rotatable bonds is 6. The lowest BCUT2D eigenvalue weighted by Crippen LogP contribution is -2.52. The van der Waals surface area contributed by atoms with Gasteiger partial charge < -0.3 is 14.2 Å². The summed E-state index contributed by atoms with van der Waals surface area (Å²) in [5, 5.41) is 0.132. The van der Waals surface area contributed by atoms with Gasteiger partial charge in [-0.25, -0.2) is 4.79 Å². The summed E-state index contributed by atoms with van der Waals surface area (Å²) >= 11 is 8.47. The zero-order valence-electron chi connectivity index (χ0n) is 15.8. The Morgan fingerprint density at radius 2 is 1.71 bits per heavy atom. The van der Waals surface area contributed by atoms with Crippen LogP contribution in [0.4, 0.5) is 0 Å². The van der Waals surface area contributed by atoms with Crippen LogP contribution in [0.5, 0.6) is 11.5 Å². The van der Waals surface area contributed by atoms with Crippen molar-refractivity contribution in [2.45, 2.75) is 6.92 Å². The highest BCUT2D eigenvalue weighted by Crippen LogP contribution is 2.35. The van der Waals surface area contributed by atoms with E-state index in [4.69, 9.17) is 21.7 Å². The third-order valence-electron chi connectivity index (χ3n) is 3.88. The number of hydrogen-bond donors (Lipinski definition) is 0. The van der Waals surface area contributed by atoms with Crippen LogP contribution in [0.1, 0.15) is 12.5 Å². The molecule has 1 aromatic carbocycles. The van der Waals surface area contributed by atoms with Gasteiger partial charge in [-0.2, -0.15) is 0 Å². The molecule has 0 aliphatic carbocycles. The van der Waals surface area contributed by atoms with E-state index in [9.17, 15) is 14.4 Å². The molecule has 0 radical (unpaired) electrons. The summed E-state index contributed by atoms with van der Waals surface area (Å²) in [6.07, 6.45) is 1.45. The molecular formula is C18H19BrN2O6S. The molecule has 8 nitrogen and oxygen atoms in total. The Morgan fingerprint density at radius 3 is 2.25 bits per heavy atom. The second kappa shape index (κ2) is 9.16. The molecule has 0 N–H and O–H groups in total. The average Bonchev–Trinajstić information content (AvgIpc) is 2.68. The number of esters is 1. The van der Waals surface area contributed by atoms with Crippen molar-refractivity contribution in [2.24, 2.45) is 0 Å². The van der Waals surface area contributed by atoms with Crippen molar-refractivity contribution in [3.63, 3.8) is 0 Å². The zero-order chi connectivity index (χ0) is 21.0. The van der Waals surface area contributed by atoms with Gasteiger partial charge in [-0.15, -0.1) is 0 Å². The normalized spacial score (nSPS) is 14.3. The van der Waals surface area contributed by atoms with E-state index in [0.717, 1.165) is 0 Å². The van der Waals surface area contributed by atoms with Crippen LogP contribution in [-0.2, 0) is 19.1 Å². The summed E-state index contributed by atoms with van der Waals surface area (Å²) in [5.74, 6) is -0.856. The largest absolute Gasteiger partial charge is 0.490 e. The molecule has 1 aromatic rings. The second-order valence-corrected chi connectivity index (χ2v) is 6.91. The van der Waals surface area contributed by atoms with Gasteiger partial charge in [0.15, 0.2) is 23.2 Å². The number of halogens is 1. The molecule has 0 spiro atoms. The molecule has 0 bridgehead atoms. The van der Waals surface area contributed by atoms with E-state index < -0.39 is 17.8 Å². The van der Waals surface area contributed by atoms with Gasteiger partial charge in [-0.05, 0) is 42.9 Å². The lowest BCUT2D eigenvalue weighted by atomic mass is 10.1. The van der Waals surface area contributed by atoms with Gasteiger partial charge in [0.1, 0.15) is 5.57 Å². The number of likely N-dealkylation sites (N-methyl/N-ethyl adjacent to an activating group) is 2. The van der Waals surface area contributed by atoms with Gasteiger partial charge in [-0.3, -0.25) is 19.4 Å². The first-order valence-electron chi connectivity index (χ1n) is 8.19. The number of carbonyl (C=O) groups is 3. The highest BCUT2D eigenvalue weighted by atomic mass is 79.9. The first-order chi connectivity index (χ1) is 13.2. The molecule has 2 amide bonds. The molecule has 0 saturated carbocycles. The lowest BCUT2D eigenvalue weighted by molar-refractivity contribution is -0.143. The van der Waals surface area contributed by atoms with Crippen molar-refractivity contribution in [1.82, 2.24) is 9.80 Å². The van der Waals surface area contributed by atoms with Crippen LogP contribution in [0.2, 0.25) is 0 Å². The summed E-state index contributed by atoms with van der Waals surface area (Å²) < 4.78 is 16.1. The number of amides is 2. The molecule has 28 heavy (non-hydrogen) atoms. The highest BCUT2D eigenvalue weighted by Gasteiger charge is 2.35. The SMILES string of the molecule is CCOc1cc(C=C2C(=O)N(C)C(=S)N(C)C2=O)c(Br)cc1OCC(=O)OC. The second-order valence-electron chi connectivity index (χ2n) is 5.69. The molecule has 1 fully saturated rings. The number of ether oxygens (including phenoxy) is 3. The van der Waals surface area contributed by atoms with Crippen molar-refractivity contribution in [2.75, 3.05) is 34.4 Å². The number of hydrogen-bond acceptors (Lipinski definition) is 7. The molecule has 2 rings (SSSR count). The maximum absolute atomic E-state index is 12.5. The van der Waals surface area contributed by atoms with E-state index in [0.29, 0.717) is 28.1 Å². The smallest absolute Gasteiger partial charge is 0.343 e. The zero-order valence-corrected chi connectivity index (χ0v) is 18.2. The van der Waals surface area contributed by atoms with Gasteiger partial charge in [-0.1, -0.05) is 15.9 Å². The molecule has 150 valence electrons. The summed E-state index contributed by atoms with van der Waals surface area (Å²) in [6.45, 7) is 1.86. The van der Waals surface area contributed by atoms with Crippen LogP contribution in [0.25, 0.3) is 6.08 Å². The van der Waals surface area contributed by atoms with E-state index in [2.05, 4.69) is 20.7 Å². The Hall–Kier alpha value is -2.46. The third-order valence-corrected chi connectivity index (χ3v) is 5.11. The van der Waals surface area contributed by atoms with Crippen molar-refractivity contribution in [1.29, 1.82) is 0 Å². The number of nitrogens with zero attached hydrogens (tertiary/aromatic N) is 2. The Kier molecular flexibility index (Phi) is 7.14. The van der Waals surface area contributed by atoms with Crippen molar-refractivity contribution in [3.05, 3.63) is 27.7 Å². The van der Waals surface area contributed by atoms with Crippen LogP contribution in [0.15, 0.2) is 22.2 Å². The Morgan fingerprint density at radius 1 is 1.14 bits per heavy atom. The molecule has 0 aromatic heterocycles. The first-order valence-corrected chi connectivity index (χ1v) is 9.39. The lowest BCUT2D eigenvalue weighted by Gasteiger charge is -2.31. The molecule has 0 unspecified atom stereocenters. The summed E-state index contributed by atoms with van der Waals surface area (Å²) in [7, 11) is 4.27.